The van der Waals surface area contributed by atoms with Crippen LogP contribution < -0.4 is 0 Å². The third-order valence-corrected chi connectivity index (χ3v) is 14.7. The zero-order valence-electron chi connectivity index (χ0n) is 35.8. The molecule has 2 heterocycles. The van der Waals surface area contributed by atoms with E-state index in [4.69, 9.17) is 9.97 Å². The van der Waals surface area contributed by atoms with E-state index in [1.807, 2.05) is 0 Å². The molecule has 0 saturated heterocycles. The molecule has 2 aromatic heterocycles. The van der Waals surface area contributed by atoms with Crippen LogP contribution >= 0.6 is 15.9 Å². The summed E-state index contributed by atoms with van der Waals surface area (Å²) in [5.74, 6) is 0.647. The summed E-state index contributed by atoms with van der Waals surface area (Å²) in [5.41, 5.74) is 14.8. The lowest BCUT2D eigenvalue weighted by molar-refractivity contribution is 0.705. The van der Waals surface area contributed by atoms with Gasteiger partial charge in [0.15, 0.2) is 0 Å². The summed E-state index contributed by atoms with van der Waals surface area (Å²) in [5, 5.41) is 10.5. The van der Waals surface area contributed by atoms with Crippen LogP contribution in [0.4, 0.5) is 0 Å². The van der Waals surface area contributed by atoms with Crippen LogP contribution in [0.1, 0.15) is 30.5 Å². The Balaban J connectivity index is 1.01. The Morgan fingerprint density at radius 2 is 1.02 bits per heavy atom. The Labute approximate surface area is 385 Å². The fourth-order valence-electron chi connectivity index (χ4n) is 10.8. The van der Waals surface area contributed by atoms with E-state index >= 15 is 0 Å². The monoisotopic (exact) mass is 893 g/mol. The first kappa shape index (κ1) is 37.9. The molecule has 0 amide bonds. The minimum absolute atomic E-state index is 0.186. The summed E-state index contributed by atoms with van der Waals surface area (Å²) < 4.78 is 3.42. The molecule has 0 aliphatic heterocycles. The first-order valence-corrected chi connectivity index (χ1v) is 23.1. The highest BCUT2D eigenvalue weighted by molar-refractivity contribution is 9.15. The molecule has 0 spiro atoms. The van der Waals surface area contributed by atoms with E-state index in [0.717, 1.165) is 70.2 Å². The summed E-state index contributed by atoms with van der Waals surface area (Å²) >= 11 is 4.15. The quantitative estimate of drug-likeness (QED) is 0.161. The zero-order valence-corrected chi connectivity index (χ0v) is 37.4. The number of hydrogen-bond donors (Lipinski definition) is 0. The number of benzene rings is 10. The summed E-state index contributed by atoms with van der Waals surface area (Å²) in [4.78, 5) is 11.1. The van der Waals surface area contributed by atoms with Crippen molar-refractivity contribution in [2.24, 2.45) is 0 Å². The van der Waals surface area contributed by atoms with Gasteiger partial charge in [-0.3, -0.25) is 4.57 Å². The van der Waals surface area contributed by atoms with Gasteiger partial charge in [0.05, 0.1) is 22.2 Å². The van der Waals surface area contributed by atoms with Gasteiger partial charge in [0.1, 0.15) is 0 Å². The smallest absolute Gasteiger partial charge is 0.235 e. The molecule has 3 nitrogen and oxygen atoms in total. The van der Waals surface area contributed by atoms with Gasteiger partial charge >= 0.3 is 0 Å². The van der Waals surface area contributed by atoms with Crippen LogP contribution in [0.3, 0.4) is 0 Å². The Kier molecular flexibility index (Phi) is 8.41. The number of rotatable bonds is 5. The molecule has 0 radical (unpaired) electrons. The lowest BCUT2D eigenvalue weighted by Gasteiger charge is -2.26. The molecule has 306 valence electrons. The highest BCUT2D eigenvalue weighted by Crippen LogP contribution is 2.55. The standard InChI is InChI=1S/C61H40BrN3/c1-61(2)53-33-28-40(36-52(53)57(62)56(61)48-25-14-19-38-17-6-8-20-42(38)48)41-29-34-55-51(35-41)47-24-12-13-26-54(47)65(55)60-63-58-44-21-9-7-18-39(44)27-30-50(58)59(64-60)49-32-31-43(37-15-4-3-5-16-37)45-22-10-11-23-46(45)49/h3-36H,1-2H3. The van der Waals surface area contributed by atoms with Crippen LogP contribution in [0, 0.1) is 0 Å². The van der Waals surface area contributed by atoms with E-state index in [1.54, 1.807) is 0 Å². The third kappa shape index (κ3) is 5.73. The summed E-state index contributed by atoms with van der Waals surface area (Å²) in [6.45, 7) is 4.70. The topological polar surface area (TPSA) is 30.7 Å². The van der Waals surface area contributed by atoms with Gasteiger partial charge in [-0.1, -0.05) is 190 Å². The Morgan fingerprint density at radius 1 is 0.400 bits per heavy atom. The molecule has 0 saturated carbocycles. The SMILES string of the molecule is CC1(C)C(c2cccc3ccccc23)=C(Br)c2cc(-c3ccc4c(c3)c3ccccc3n4-c3nc(-c4ccc(-c5ccccc5)c5ccccc45)c4ccc5ccccc5c4n3)ccc21. The van der Waals surface area contributed by atoms with E-state index in [0.29, 0.717) is 5.95 Å². The van der Waals surface area contributed by atoms with Crippen LogP contribution in [0.15, 0.2) is 206 Å². The lowest BCUT2D eigenvalue weighted by atomic mass is 9.77. The van der Waals surface area contributed by atoms with E-state index in [-0.39, 0.29) is 5.41 Å². The molecular formula is C61H40BrN3. The number of allylic oxidation sites excluding steroid dienone is 1. The van der Waals surface area contributed by atoms with Gasteiger partial charge in [-0.15, -0.1) is 0 Å². The van der Waals surface area contributed by atoms with Crippen molar-refractivity contribution in [2.75, 3.05) is 0 Å². The maximum Gasteiger partial charge on any atom is 0.235 e. The fourth-order valence-corrected chi connectivity index (χ4v) is 11.8. The van der Waals surface area contributed by atoms with Crippen LogP contribution in [-0.2, 0) is 5.41 Å². The Hall–Kier alpha value is -7.66. The molecule has 12 aromatic rings. The van der Waals surface area contributed by atoms with E-state index in [1.165, 1.54) is 55.1 Å². The first-order chi connectivity index (χ1) is 31.9. The molecule has 1 aliphatic rings. The van der Waals surface area contributed by atoms with Crippen molar-refractivity contribution in [2.45, 2.75) is 19.3 Å². The van der Waals surface area contributed by atoms with Crippen LogP contribution in [0.2, 0.25) is 0 Å². The number of hydrogen-bond acceptors (Lipinski definition) is 2. The molecule has 0 bridgehead atoms. The molecule has 0 unspecified atom stereocenters. The van der Waals surface area contributed by atoms with Gasteiger partial charge in [-0.25, -0.2) is 9.97 Å². The van der Waals surface area contributed by atoms with Crippen molar-refractivity contribution in [1.29, 1.82) is 0 Å². The Morgan fingerprint density at radius 3 is 1.83 bits per heavy atom. The summed E-state index contributed by atoms with van der Waals surface area (Å²) in [6.07, 6.45) is 0. The maximum atomic E-state index is 5.61. The molecule has 65 heavy (non-hydrogen) atoms. The second-order valence-corrected chi connectivity index (χ2v) is 18.6. The molecule has 1 aliphatic carbocycles. The van der Waals surface area contributed by atoms with Gasteiger partial charge in [0.2, 0.25) is 5.95 Å². The molecule has 13 rings (SSSR count). The predicted octanol–water partition coefficient (Wildman–Crippen LogP) is 16.7. The highest BCUT2D eigenvalue weighted by atomic mass is 79.9. The number of fused-ring (bicyclic) bond motifs is 9. The molecule has 0 N–H and O–H groups in total. The van der Waals surface area contributed by atoms with E-state index < -0.39 is 0 Å². The zero-order chi connectivity index (χ0) is 43.4. The van der Waals surface area contributed by atoms with Gasteiger partial charge in [-0.05, 0) is 118 Å². The lowest BCUT2D eigenvalue weighted by Crippen LogP contribution is -2.16. The maximum absolute atomic E-state index is 5.61. The number of aromatic nitrogens is 3. The van der Waals surface area contributed by atoms with Crippen molar-refractivity contribution in [3.63, 3.8) is 0 Å². The number of halogens is 1. The van der Waals surface area contributed by atoms with Crippen molar-refractivity contribution >= 4 is 91.0 Å². The van der Waals surface area contributed by atoms with Crippen molar-refractivity contribution in [3.05, 3.63) is 223 Å². The summed E-state index contributed by atoms with van der Waals surface area (Å²) in [6, 6.07) is 74.7. The van der Waals surface area contributed by atoms with E-state index in [2.05, 4.69) is 241 Å². The van der Waals surface area contributed by atoms with Gasteiger partial charge < -0.3 is 0 Å². The molecular weight excluding hydrogens is 855 g/mol. The van der Waals surface area contributed by atoms with Crippen LogP contribution in [0.25, 0.3) is 115 Å². The average molecular weight is 895 g/mol. The van der Waals surface area contributed by atoms with Crippen LogP contribution in [-0.4, -0.2) is 14.5 Å². The second-order valence-electron chi connectivity index (χ2n) is 17.8. The number of para-hydroxylation sites is 1. The van der Waals surface area contributed by atoms with Crippen molar-refractivity contribution in [3.8, 4) is 39.5 Å². The predicted molar refractivity (Wildman–Crippen MR) is 278 cm³/mol. The summed E-state index contributed by atoms with van der Waals surface area (Å²) in [7, 11) is 0. The van der Waals surface area contributed by atoms with Gasteiger partial charge in [-0.2, -0.15) is 0 Å². The fraction of sp³-hybridized carbons (Fsp3) is 0.0492. The second kappa shape index (κ2) is 14.4. The normalized spacial score (nSPS) is 13.5. The van der Waals surface area contributed by atoms with Gasteiger partial charge in [0.25, 0.3) is 0 Å². The highest BCUT2D eigenvalue weighted by Gasteiger charge is 2.38. The molecule has 0 fully saturated rings. The molecule has 0 atom stereocenters. The van der Waals surface area contributed by atoms with Crippen LogP contribution in [0.5, 0.6) is 0 Å². The largest absolute Gasteiger partial charge is 0.278 e. The van der Waals surface area contributed by atoms with Crippen molar-refractivity contribution in [1.82, 2.24) is 14.5 Å². The molecule has 4 heteroatoms. The minimum atomic E-state index is -0.186. The van der Waals surface area contributed by atoms with Gasteiger partial charge in [0, 0.05) is 37.0 Å². The molecule has 10 aromatic carbocycles. The third-order valence-electron chi connectivity index (χ3n) is 13.9. The number of nitrogens with zero attached hydrogens (tertiary/aromatic N) is 3. The van der Waals surface area contributed by atoms with Crippen molar-refractivity contribution < 1.29 is 0 Å². The first-order valence-electron chi connectivity index (χ1n) is 22.3. The minimum Gasteiger partial charge on any atom is -0.278 e. The average Bonchev–Trinajstić information content (AvgIpc) is 3.79. The van der Waals surface area contributed by atoms with E-state index in [9.17, 15) is 0 Å². The Bertz CT molecular complexity index is 3980.